The molecule has 104 valence electrons. The summed E-state index contributed by atoms with van der Waals surface area (Å²) in [6.07, 6.45) is 2.56. The van der Waals surface area contributed by atoms with Gasteiger partial charge in [0.15, 0.2) is 0 Å². The standard InChI is InChI=1S/C13H20N4O2/c1-13(2)10(7-11(13)19-3)16-12(18)9-6-8(17-14)4-5-15-9/h4-6,10-11H,7,14H2,1-3H3,(H,15,17)(H,16,18). The number of nitrogens with two attached hydrogens (primary N) is 1. The minimum absolute atomic E-state index is 0.0614. The number of hydrogen-bond acceptors (Lipinski definition) is 5. The van der Waals surface area contributed by atoms with Crippen LogP contribution >= 0.6 is 0 Å². The van der Waals surface area contributed by atoms with E-state index in [1.807, 2.05) is 0 Å². The van der Waals surface area contributed by atoms with E-state index in [2.05, 4.69) is 29.6 Å². The number of nitrogens with zero attached hydrogens (tertiary/aromatic N) is 1. The third-order valence-electron chi connectivity index (χ3n) is 3.93. The third-order valence-corrected chi connectivity index (χ3v) is 3.93. The fraction of sp³-hybridized carbons (Fsp3) is 0.538. The van der Waals surface area contributed by atoms with Crippen LogP contribution in [0.5, 0.6) is 0 Å². The average molecular weight is 264 g/mol. The molecule has 2 unspecified atom stereocenters. The van der Waals surface area contributed by atoms with E-state index < -0.39 is 0 Å². The number of rotatable bonds is 4. The lowest BCUT2D eigenvalue weighted by Crippen LogP contribution is -2.61. The molecule has 19 heavy (non-hydrogen) atoms. The number of methoxy groups -OCH3 is 1. The maximum absolute atomic E-state index is 12.1. The van der Waals surface area contributed by atoms with Crippen LogP contribution in [-0.4, -0.2) is 30.1 Å². The number of hydrazine groups is 1. The Morgan fingerprint density at radius 2 is 2.32 bits per heavy atom. The van der Waals surface area contributed by atoms with E-state index in [1.165, 1.54) is 0 Å². The van der Waals surface area contributed by atoms with Gasteiger partial charge in [-0.2, -0.15) is 0 Å². The summed E-state index contributed by atoms with van der Waals surface area (Å²) in [6.45, 7) is 4.17. The molecule has 4 N–H and O–H groups in total. The van der Waals surface area contributed by atoms with Crippen molar-refractivity contribution in [2.24, 2.45) is 11.3 Å². The van der Waals surface area contributed by atoms with Crippen molar-refractivity contribution >= 4 is 11.6 Å². The van der Waals surface area contributed by atoms with Crippen molar-refractivity contribution < 1.29 is 9.53 Å². The van der Waals surface area contributed by atoms with Crippen LogP contribution in [0.15, 0.2) is 18.3 Å². The maximum atomic E-state index is 12.1. The highest BCUT2D eigenvalue weighted by Crippen LogP contribution is 2.42. The summed E-state index contributed by atoms with van der Waals surface area (Å²) < 4.78 is 5.36. The predicted octanol–water partition coefficient (Wildman–Crippen LogP) is 0.910. The van der Waals surface area contributed by atoms with Crippen LogP contribution in [0, 0.1) is 5.41 Å². The van der Waals surface area contributed by atoms with Crippen molar-refractivity contribution in [2.45, 2.75) is 32.4 Å². The van der Waals surface area contributed by atoms with Crippen molar-refractivity contribution in [1.82, 2.24) is 10.3 Å². The minimum Gasteiger partial charge on any atom is -0.381 e. The highest BCUT2D eigenvalue weighted by atomic mass is 16.5. The molecule has 1 saturated carbocycles. The zero-order valence-electron chi connectivity index (χ0n) is 11.4. The Morgan fingerprint density at radius 3 is 2.89 bits per heavy atom. The molecule has 1 fully saturated rings. The summed E-state index contributed by atoms with van der Waals surface area (Å²) in [5.41, 5.74) is 3.44. The second-order valence-corrected chi connectivity index (χ2v) is 5.38. The molecule has 0 spiro atoms. The van der Waals surface area contributed by atoms with E-state index in [1.54, 1.807) is 25.4 Å². The fourth-order valence-electron chi connectivity index (χ4n) is 2.41. The molecule has 1 aromatic rings. The molecule has 1 aromatic heterocycles. The zero-order chi connectivity index (χ0) is 14.0. The molecule has 6 nitrogen and oxygen atoms in total. The molecule has 1 aliphatic rings. The number of carbonyl (C=O) groups excluding carboxylic acids is 1. The topological polar surface area (TPSA) is 89.3 Å². The van der Waals surface area contributed by atoms with Crippen molar-refractivity contribution in [1.29, 1.82) is 0 Å². The van der Waals surface area contributed by atoms with E-state index in [9.17, 15) is 4.79 Å². The Hall–Kier alpha value is -1.66. The number of nitrogens with one attached hydrogen (secondary N) is 2. The Bertz CT molecular complexity index is 475. The molecular formula is C13H20N4O2. The first-order valence-corrected chi connectivity index (χ1v) is 6.25. The number of ether oxygens (including phenoxy) is 1. The summed E-state index contributed by atoms with van der Waals surface area (Å²) in [4.78, 5) is 16.2. The lowest BCUT2D eigenvalue weighted by atomic mass is 9.64. The first kappa shape index (κ1) is 13.8. The van der Waals surface area contributed by atoms with Gasteiger partial charge in [-0.15, -0.1) is 0 Å². The van der Waals surface area contributed by atoms with Gasteiger partial charge in [0.2, 0.25) is 0 Å². The molecule has 0 radical (unpaired) electrons. The summed E-state index contributed by atoms with van der Waals surface area (Å²) in [7, 11) is 1.70. The van der Waals surface area contributed by atoms with Crippen LogP contribution in [0.25, 0.3) is 0 Å². The van der Waals surface area contributed by atoms with Crippen molar-refractivity contribution in [3.8, 4) is 0 Å². The maximum Gasteiger partial charge on any atom is 0.270 e. The monoisotopic (exact) mass is 264 g/mol. The molecule has 1 heterocycles. The van der Waals surface area contributed by atoms with Crippen molar-refractivity contribution in [2.75, 3.05) is 12.5 Å². The lowest BCUT2D eigenvalue weighted by Gasteiger charge is -2.51. The Labute approximate surface area is 112 Å². The number of amides is 1. The molecule has 2 atom stereocenters. The number of hydrogen-bond donors (Lipinski definition) is 3. The fourth-order valence-corrected chi connectivity index (χ4v) is 2.41. The smallest absolute Gasteiger partial charge is 0.270 e. The second kappa shape index (κ2) is 5.14. The van der Waals surface area contributed by atoms with Gasteiger partial charge in [-0.1, -0.05) is 13.8 Å². The van der Waals surface area contributed by atoms with Gasteiger partial charge in [0, 0.05) is 24.8 Å². The van der Waals surface area contributed by atoms with Gasteiger partial charge in [0.25, 0.3) is 5.91 Å². The van der Waals surface area contributed by atoms with Crippen molar-refractivity contribution in [3.05, 3.63) is 24.0 Å². The van der Waals surface area contributed by atoms with E-state index in [4.69, 9.17) is 10.6 Å². The van der Waals surface area contributed by atoms with E-state index in [-0.39, 0.29) is 23.5 Å². The highest BCUT2D eigenvalue weighted by molar-refractivity contribution is 5.93. The summed E-state index contributed by atoms with van der Waals surface area (Å²) >= 11 is 0. The number of pyridine rings is 1. The normalized spacial score (nSPS) is 24.4. The Kier molecular flexibility index (Phi) is 3.73. The molecule has 6 heteroatoms. The third kappa shape index (κ3) is 2.54. The number of nitrogen functional groups attached to an aromatic ring is 1. The van der Waals surface area contributed by atoms with E-state index >= 15 is 0 Å². The van der Waals surface area contributed by atoms with Gasteiger partial charge >= 0.3 is 0 Å². The summed E-state index contributed by atoms with van der Waals surface area (Å²) in [6, 6.07) is 3.42. The van der Waals surface area contributed by atoms with Crippen molar-refractivity contribution in [3.63, 3.8) is 0 Å². The van der Waals surface area contributed by atoms with Crippen LogP contribution in [0.2, 0.25) is 0 Å². The SMILES string of the molecule is COC1CC(NC(=O)c2cc(NN)ccn2)C1(C)C. The van der Waals surface area contributed by atoms with Crippen LogP contribution in [0.1, 0.15) is 30.8 Å². The van der Waals surface area contributed by atoms with Gasteiger partial charge in [-0.3, -0.25) is 15.6 Å². The van der Waals surface area contributed by atoms with Gasteiger partial charge < -0.3 is 15.5 Å². The quantitative estimate of drug-likeness (QED) is 0.555. The first-order chi connectivity index (χ1) is 8.98. The molecule has 1 amide bonds. The summed E-state index contributed by atoms with van der Waals surface area (Å²) in [5.74, 6) is 5.12. The van der Waals surface area contributed by atoms with Gasteiger partial charge in [-0.05, 0) is 18.6 Å². The minimum atomic E-state index is -0.190. The predicted molar refractivity (Wildman–Crippen MR) is 72.5 cm³/mol. The Morgan fingerprint density at radius 1 is 1.58 bits per heavy atom. The van der Waals surface area contributed by atoms with Crippen LogP contribution in [-0.2, 0) is 4.74 Å². The Balaban J connectivity index is 2.02. The van der Waals surface area contributed by atoms with Gasteiger partial charge in [0.1, 0.15) is 5.69 Å². The number of carbonyl (C=O) groups is 1. The molecule has 1 aliphatic carbocycles. The summed E-state index contributed by atoms with van der Waals surface area (Å²) in [5, 5.41) is 2.99. The molecule has 0 aromatic carbocycles. The molecule has 0 aliphatic heterocycles. The van der Waals surface area contributed by atoms with E-state index in [0.29, 0.717) is 11.4 Å². The van der Waals surface area contributed by atoms with E-state index in [0.717, 1.165) is 6.42 Å². The molecular weight excluding hydrogens is 244 g/mol. The molecule has 2 rings (SSSR count). The second-order valence-electron chi connectivity index (χ2n) is 5.38. The van der Waals surface area contributed by atoms with Gasteiger partial charge in [-0.25, -0.2) is 0 Å². The molecule has 0 bridgehead atoms. The average Bonchev–Trinajstić information content (AvgIpc) is 2.42. The van der Waals surface area contributed by atoms with Crippen LogP contribution in [0.3, 0.4) is 0 Å². The largest absolute Gasteiger partial charge is 0.381 e. The molecule has 0 saturated heterocycles. The van der Waals surface area contributed by atoms with Crippen LogP contribution in [0.4, 0.5) is 5.69 Å². The van der Waals surface area contributed by atoms with Crippen LogP contribution < -0.4 is 16.6 Å². The zero-order valence-corrected chi connectivity index (χ0v) is 11.4. The lowest BCUT2D eigenvalue weighted by molar-refractivity contribution is -0.0942. The number of aromatic nitrogens is 1. The van der Waals surface area contributed by atoms with Gasteiger partial charge in [0.05, 0.1) is 11.8 Å². The highest BCUT2D eigenvalue weighted by Gasteiger charge is 2.49. The first-order valence-electron chi connectivity index (χ1n) is 6.25. The number of anilines is 1.